The highest BCUT2D eigenvalue weighted by Gasteiger charge is 2.20. The van der Waals surface area contributed by atoms with E-state index in [-0.39, 0.29) is 42.8 Å². The van der Waals surface area contributed by atoms with E-state index in [1.807, 2.05) is 26.8 Å². The van der Waals surface area contributed by atoms with Gasteiger partial charge in [0.25, 0.3) is 5.91 Å². The highest BCUT2D eigenvalue weighted by atomic mass is 16.5. The minimum atomic E-state index is -0.644. The van der Waals surface area contributed by atoms with Crippen molar-refractivity contribution in [3.8, 4) is 5.75 Å². The third-order valence-corrected chi connectivity index (χ3v) is 3.96. The molecule has 1 aromatic rings. The molecule has 1 unspecified atom stereocenters. The van der Waals surface area contributed by atoms with Crippen LogP contribution in [0.2, 0.25) is 0 Å². The van der Waals surface area contributed by atoms with Crippen LogP contribution in [-0.2, 0) is 14.4 Å². The van der Waals surface area contributed by atoms with Gasteiger partial charge in [0.1, 0.15) is 5.75 Å². The predicted molar refractivity (Wildman–Crippen MR) is 92.9 cm³/mol. The van der Waals surface area contributed by atoms with Gasteiger partial charge in [-0.3, -0.25) is 14.4 Å². The number of nitrogens with two attached hydrogens (primary N) is 1. The van der Waals surface area contributed by atoms with Crippen LogP contribution < -0.4 is 26.4 Å². The van der Waals surface area contributed by atoms with Gasteiger partial charge in [-0.25, -0.2) is 0 Å². The molecule has 136 valence electrons. The molecule has 8 heteroatoms. The number of carbonyl (C=O) groups is 3. The molecule has 1 heterocycles. The van der Waals surface area contributed by atoms with E-state index in [1.165, 1.54) is 0 Å². The average Bonchev–Trinajstić information content (AvgIpc) is 2.58. The summed E-state index contributed by atoms with van der Waals surface area (Å²) < 4.78 is 5.30. The largest absolute Gasteiger partial charge is 0.482 e. The topological polar surface area (TPSA) is 123 Å². The molecule has 3 amide bonds. The summed E-state index contributed by atoms with van der Waals surface area (Å²) in [5.74, 6) is -0.307. The summed E-state index contributed by atoms with van der Waals surface area (Å²) in [6.07, 6.45) is 0. The van der Waals surface area contributed by atoms with E-state index < -0.39 is 6.04 Å². The van der Waals surface area contributed by atoms with Crippen molar-refractivity contribution in [2.45, 2.75) is 32.9 Å². The number of ether oxygens (including phenoxy) is 1. The number of nitrogens with one attached hydrogen (secondary N) is 3. The van der Waals surface area contributed by atoms with Crippen molar-refractivity contribution in [3.05, 3.63) is 23.8 Å². The van der Waals surface area contributed by atoms with Gasteiger partial charge in [-0.1, -0.05) is 19.9 Å². The van der Waals surface area contributed by atoms with Crippen LogP contribution in [0.15, 0.2) is 18.2 Å². The number of hydrogen-bond acceptors (Lipinski definition) is 5. The number of benzene rings is 1. The molecular formula is C17H24N4O4. The minimum absolute atomic E-state index is 0.00313. The van der Waals surface area contributed by atoms with Crippen LogP contribution in [0.4, 0.5) is 5.69 Å². The Labute approximate surface area is 146 Å². The third-order valence-electron chi connectivity index (χ3n) is 3.96. The Kier molecular flexibility index (Phi) is 5.97. The van der Waals surface area contributed by atoms with E-state index >= 15 is 0 Å². The predicted octanol–water partition coefficient (Wildman–Crippen LogP) is 0.294. The van der Waals surface area contributed by atoms with Crippen molar-refractivity contribution in [2.75, 3.05) is 18.5 Å². The molecule has 5 N–H and O–H groups in total. The van der Waals surface area contributed by atoms with Crippen LogP contribution in [0, 0.1) is 5.92 Å². The molecule has 0 saturated carbocycles. The van der Waals surface area contributed by atoms with Gasteiger partial charge < -0.3 is 26.4 Å². The SMILES string of the molecule is CC(NC(=O)CNC(=O)[C@@H](N)C(C)C)c1ccc2c(c1)NC(=O)CO2. The summed E-state index contributed by atoms with van der Waals surface area (Å²) >= 11 is 0. The Morgan fingerprint density at radius 3 is 2.72 bits per heavy atom. The fraction of sp³-hybridized carbons (Fsp3) is 0.471. The number of amides is 3. The van der Waals surface area contributed by atoms with E-state index in [2.05, 4.69) is 16.0 Å². The van der Waals surface area contributed by atoms with E-state index in [4.69, 9.17) is 10.5 Å². The second kappa shape index (κ2) is 7.98. The molecule has 0 fully saturated rings. The van der Waals surface area contributed by atoms with Crippen LogP contribution in [0.5, 0.6) is 5.75 Å². The summed E-state index contributed by atoms with van der Waals surface area (Å²) in [7, 11) is 0. The Hall–Kier alpha value is -2.61. The fourth-order valence-corrected chi connectivity index (χ4v) is 2.33. The number of hydrogen-bond donors (Lipinski definition) is 4. The van der Waals surface area contributed by atoms with Gasteiger partial charge in [0.2, 0.25) is 11.8 Å². The lowest BCUT2D eigenvalue weighted by Gasteiger charge is -2.21. The van der Waals surface area contributed by atoms with Crippen molar-refractivity contribution in [1.29, 1.82) is 0 Å². The maximum absolute atomic E-state index is 12.0. The number of fused-ring (bicyclic) bond motifs is 1. The third kappa shape index (κ3) is 4.93. The Morgan fingerprint density at radius 1 is 1.32 bits per heavy atom. The average molecular weight is 348 g/mol. The van der Waals surface area contributed by atoms with Gasteiger partial charge >= 0.3 is 0 Å². The van der Waals surface area contributed by atoms with E-state index in [1.54, 1.807) is 12.1 Å². The zero-order valence-electron chi connectivity index (χ0n) is 14.6. The maximum Gasteiger partial charge on any atom is 0.262 e. The van der Waals surface area contributed by atoms with Crippen LogP contribution in [0.1, 0.15) is 32.4 Å². The number of rotatable bonds is 6. The van der Waals surface area contributed by atoms with E-state index in [0.29, 0.717) is 11.4 Å². The molecule has 8 nitrogen and oxygen atoms in total. The Morgan fingerprint density at radius 2 is 2.04 bits per heavy atom. The lowest BCUT2D eigenvalue weighted by atomic mass is 10.1. The van der Waals surface area contributed by atoms with Gasteiger partial charge in [-0.15, -0.1) is 0 Å². The van der Waals surface area contributed by atoms with Crippen LogP contribution in [-0.4, -0.2) is 36.9 Å². The van der Waals surface area contributed by atoms with Crippen molar-refractivity contribution >= 4 is 23.4 Å². The van der Waals surface area contributed by atoms with Crippen LogP contribution in [0.3, 0.4) is 0 Å². The second-order valence-corrected chi connectivity index (χ2v) is 6.37. The summed E-state index contributed by atoms with van der Waals surface area (Å²) in [5.41, 5.74) is 7.11. The molecule has 1 aromatic carbocycles. The molecule has 0 saturated heterocycles. The lowest BCUT2D eigenvalue weighted by Crippen LogP contribution is -2.47. The molecule has 0 spiro atoms. The molecule has 1 aliphatic heterocycles. The molecule has 0 aliphatic carbocycles. The van der Waals surface area contributed by atoms with Gasteiger partial charge in [0, 0.05) is 0 Å². The summed E-state index contributed by atoms with van der Waals surface area (Å²) in [6.45, 7) is 5.34. The van der Waals surface area contributed by atoms with Gasteiger partial charge in [-0.2, -0.15) is 0 Å². The fourth-order valence-electron chi connectivity index (χ4n) is 2.33. The Bertz CT molecular complexity index is 675. The first-order chi connectivity index (χ1) is 11.8. The highest BCUT2D eigenvalue weighted by molar-refractivity contribution is 5.95. The van der Waals surface area contributed by atoms with Crippen molar-refractivity contribution in [3.63, 3.8) is 0 Å². The van der Waals surface area contributed by atoms with Crippen LogP contribution >= 0.6 is 0 Å². The smallest absolute Gasteiger partial charge is 0.262 e. The molecule has 2 atom stereocenters. The van der Waals surface area contributed by atoms with E-state index in [9.17, 15) is 14.4 Å². The van der Waals surface area contributed by atoms with Gasteiger partial charge in [0.05, 0.1) is 24.3 Å². The number of carbonyl (C=O) groups excluding carboxylic acids is 3. The minimum Gasteiger partial charge on any atom is -0.482 e. The Balaban J connectivity index is 1.90. The van der Waals surface area contributed by atoms with Gasteiger partial charge in [0.15, 0.2) is 6.61 Å². The first-order valence-electron chi connectivity index (χ1n) is 8.17. The van der Waals surface area contributed by atoms with E-state index in [0.717, 1.165) is 5.56 Å². The number of anilines is 1. The summed E-state index contributed by atoms with van der Waals surface area (Å²) in [6, 6.07) is 4.37. The monoisotopic (exact) mass is 348 g/mol. The summed E-state index contributed by atoms with van der Waals surface area (Å²) in [5, 5.41) is 8.04. The van der Waals surface area contributed by atoms with Gasteiger partial charge in [-0.05, 0) is 30.5 Å². The lowest BCUT2D eigenvalue weighted by molar-refractivity contribution is -0.127. The zero-order valence-corrected chi connectivity index (χ0v) is 14.6. The first kappa shape index (κ1) is 18.7. The molecule has 1 aliphatic rings. The second-order valence-electron chi connectivity index (χ2n) is 6.37. The zero-order chi connectivity index (χ0) is 18.6. The molecular weight excluding hydrogens is 324 g/mol. The first-order valence-corrected chi connectivity index (χ1v) is 8.17. The van der Waals surface area contributed by atoms with Crippen molar-refractivity contribution < 1.29 is 19.1 Å². The summed E-state index contributed by atoms with van der Waals surface area (Å²) in [4.78, 5) is 35.1. The molecule has 0 bridgehead atoms. The maximum atomic E-state index is 12.0. The normalized spacial score (nSPS) is 15.5. The standard InChI is InChI=1S/C17H24N4O4/c1-9(2)16(18)17(24)19-7-14(22)20-10(3)11-4-5-13-12(6-11)21-15(23)8-25-13/h4-6,9-10,16H,7-8,18H2,1-3H3,(H,19,24)(H,20,22)(H,21,23)/t10?,16-/m0/s1. The molecule has 0 aromatic heterocycles. The quantitative estimate of drug-likeness (QED) is 0.589. The van der Waals surface area contributed by atoms with Crippen molar-refractivity contribution in [2.24, 2.45) is 11.7 Å². The van der Waals surface area contributed by atoms with Crippen LogP contribution in [0.25, 0.3) is 0 Å². The van der Waals surface area contributed by atoms with Crippen molar-refractivity contribution in [1.82, 2.24) is 10.6 Å². The molecule has 2 rings (SSSR count). The molecule has 0 radical (unpaired) electrons. The highest BCUT2D eigenvalue weighted by Crippen LogP contribution is 2.30. The molecule has 25 heavy (non-hydrogen) atoms.